The van der Waals surface area contributed by atoms with Crippen LogP contribution in [0.4, 0.5) is 0 Å². The van der Waals surface area contributed by atoms with E-state index < -0.39 is 0 Å². The molecular formula is C10H11BrClN3. The van der Waals surface area contributed by atoms with Crippen LogP contribution in [0.5, 0.6) is 0 Å². The molecule has 0 radical (unpaired) electrons. The van der Waals surface area contributed by atoms with Gasteiger partial charge in [0.1, 0.15) is 5.82 Å². The topological polar surface area (TPSA) is 43.3 Å². The number of nitrogens with zero attached hydrogens (tertiary/aromatic N) is 2. The second kappa shape index (κ2) is 4.12. The lowest BCUT2D eigenvalue weighted by molar-refractivity contribution is 0.698. The summed E-state index contributed by atoms with van der Waals surface area (Å²) in [5, 5.41) is 0.520. The first-order chi connectivity index (χ1) is 7.09. The molecule has 1 atom stereocenters. The van der Waals surface area contributed by atoms with Gasteiger partial charge in [-0.2, -0.15) is 0 Å². The van der Waals surface area contributed by atoms with Crippen molar-refractivity contribution in [3.05, 3.63) is 33.8 Å². The molecular weight excluding hydrogens is 277 g/mol. The third-order valence-corrected chi connectivity index (χ3v) is 3.04. The largest absolute Gasteiger partial charge is 0.328 e. The molecule has 2 aromatic rings. The average Bonchev–Trinajstić information content (AvgIpc) is 2.44. The third-order valence-electron chi connectivity index (χ3n) is 2.14. The maximum atomic E-state index is 6.04. The quantitative estimate of drug-likeness (QED) is 0.863. The van der Waals surface area contributed by atoms with E-state index in [2.05, 4.69) is 20.9 Å². The highest BCUT2D eigenvalue weighted by molar-refractivity contribution is 9.10. The van der Waals surface area contributed by atoms with Gasteiger partial charge in [-0.15, -0.1) is 0 Å². The van der Waals surface area contributed by atoms with Crippen molar-refractivity contribution < 1.29 is 0 Å². The summed E-state index contributed by atoms with van der Waals surface area (Å²) in [4.78, 5) is 4.31. The van der Waals surface area contributed by atoms with E-state index in [1.54, 1.807) is 0 Å². The Kier molecular flexibility index (Phi) is 3.00. The molecule has 80 valence electrons. The molecule has 0 aliphatic rings. The molecule has 0 aromatic carbocycles. The number of halogens is 2. The lowest BCUT2D eigenvalue weighted by atomic mass is 10.2. The van der Waals surface area contributed by atoms with Crippen LogP contribution in [0.1, 0.15) is 12.7 Å². The van der Waals surface area contributed by atoms with Crippen molar-refractivity contribution in [3.63, 3.8) is 0 Å². The Hall–Kier alpha value is -0.580. The zero-order valence-corrected chi connectivity index (χ0v) is 10.6. The van der Waals surface area contributed by atoms with E-state index in [4.69, 9.17) is 17.3 Å². The molecule has 2 heterocycles. The van der Waals surface area contributed by atoms with Gasteiger partial charge in [0.25, 0.3) is 0 Å². The lowest BCUT2D eigenvalue weighted by Gasteiger charge is -2.05. The molecule has 5 heteroatoms. The first-order valence-electron chi connectivity index (χ1n) is 4.66. The average molecular weight is 289 g/mol. The first kappa shape index (κ1) is 10.9. The van der Waals surface area contributed by atoms with E-state index in [0.29, 0.717) is 11.6 Å². The Balaban J connectivity index is 2.65. The summed E-state index contributed by atoms with van der Waals surface area (Å²) in [6.45, 7) is 1.95. The Morgan fingerprint density at radius 3 is 3.00 bits per heavy atom. The highest BCUT2D eigenvalue weighted by Gasteiger charge is 2.12. The first-order valence-corrected chi connectivity index (χ1v) is 5.83. The molecule has 0 aliphatic carbocycles. The molecule has 0 aliphatic heterocycles. The minimum atomic E-state index is 0.0683. The smallest absolute Gasteiger partial charge is 0.155 e. The van der Waals surface area contributed by atoms with Gasteiger partial charge in [0.2, 0.25) is 0 Å². The van der Waals surface area contributed by atoms with Crippen molar-refractivity contribution in [2.45, 2.75) is 19.4 Å². The molecule has 0 fully saturated rings. The SMILES string of the molecule is CC(N)Cc1nc(Cl)c2cccc(Br)n12. The van der Waals surface area contributed by atoms with E-state index >= 15 is 0 Å². The monoisotopic (exact) mass is 287 g/mol. The number of nitrogens with two attached hydrogens (primary N) is 1. The van der Waals surface area contributed by atoms with Crippen LogP contribution in [0.25, 0.3) is 5.52 Å². The van der Waals surface area contributed by atoms with Crippen LogP contribution in [-0.2, 0) is 6.42 Å². The van der Waals surface area contributed by atoms with Gasteiger partial charge in [0.15, 0.2) is 5.15 Å². The number of imidazole rings is 1. The summed E-state index contributed by atoms with van der Waals surface area (Å²) in [6.07, 6.45) is 0.705. The van der Waals surface area contributed by atoms with Crippen molar-refractivity contribution in [1.29, 1.82) is 0 Å². The van der Waals surface area contributed by atoms with Crippen LogP contribution < -0.4 is 5.73 Å². The van der Waals surface area contributed by atoms with Gasteiger partial charge in [0.05, 0.1) is 10.1 Å². The lowest BCUT2D eigenvalue weighted by Crippen LogP contribution is -2.19. The molecule has 1 unspecified atom stereocenters. The molecule has 0 amide bonds. The second-order valence-electron chi connectivity index (χ2n) is 3.57. The summed E-state index contributed by atoms with van der Waals surface area (Å²) in [7, 11) is 0. The Morgan fingerprint density at radius 2 is 2.33 bits per heavy atom. The van der Waals surface area contributed by atoms with Crippen LogP contribution in [-0.4, -0.2) is 15.4 Å². The predicted molar refractivity (Wildman–Crippen MR) is 65.3 cm³/mol. The number of pyridine rings is 1. The van der Waals surface area contributed by atoms with Crippen LogP contribution in [0, 0.1) is 0 Å². The second-order valence-corrected chi connectivity index (χ2v) is 4.74. The van der Waals surface area contributed by atoms with Crippen molar-refractivity contribution in [1.82, 2.24) is 9.38 Å². The minimum Gasteiger partial charge on any atom is -0.328 e. The summed E-state index contributed by atoms with van der Waals surface area (Å²) >= 11 is 9.51. The fraction of sp³-hybridized carbons (Fsp3) is 0.300. The van der Waals surface area contributed by atoms with Crippen molar-refractivity contribution in [2.75, 3.05) is 0 Å². The molecule has 0 saturated carbocycles. The third kappa shape index (κ3) is 2.02. The molecule has 2 aromatic heterocycles. The van der Waals surface area contributed by atoms with Crippen LogP contribution in [0.15, 0.2) is 22.8 Å². The van der Waals surface area contributed by atoms with E-state index in [9.17, 15) is 0 Å². The van der Waals surface area contributed by atoms with E-state index in [1.165, 1.54) is 0 Å². The fourth-order valence-electron chi connectivity index (χ4n) is 1.55. The summed E-state index contributed by atoms with van der Waals surface area (Å²) < 4.78 is 2.92. The van der Waals surface area contributed by atoms with Crippen molar-refractivity contribution in [2.24, 2.45) is 5.73 Å². The normalized spacial score (nSPS) is 13.3. The maximum Gasteiger partial charge on any atom is 0.155 e. The zero-order chi connectivity index (χ0) is 11.0. The molecule has 3 nitrogen and oxygen atoms in total. The number of rotatable bonds is 2. The van der Waals surface area contributed by atoms with Crippen molar-refractivity contribution >= 4 is 33.0 Å². The van der Waals surface area contributed by atoms with Crippen LogP contribution in [0.2, 0.25) is 5.15 Å². The molecule has 0 spiro atoms. The summed E-state index contributed by atoms with van der Waals surface area (Å²) in [5.74, 6) is 0.887. The van der Waals surface area contributed by atoms with E-state index in [-0.39, 0.29) is 6.04 Å². The van der Waals surface area contributed by atoms with Crippen LogP contribution in [0.3, 0.4) is 0 Å². The van der Waals surface area contributed by atoms with Gasteiger partial charge in [-0.1, -0.05) is 17.7 Å². The molecule has 0 saturated heterocycles. The fourth-order valence-corrected chi connectivity index (χ4v) is 2.35. The molecule has 0 bridgehead atoms. The standard InChI is InChI=1S/C10H11BrClN3/c1-6(13)5-9-14-10(12)7-3-2-4-8(11)15(7)9/h2-4,6H,5,13H2,1H3. The number of hydrogen-bond donors (Lipinski definition) is 1. The predicted octanol–water partition coefficient (Wildman–Crippen LogP) is 2.64. The van der Waals surface area contributed by atoms with E-state index in [0.717, 1.165) is 15.9 Å². The molecule has 2 N–H and O–H groups in total. The van der Waals surface area contributed by atoms with E-state index in [1.807, 2.05) is 29.5 Å². The van der Waals surface area contributed by atoms with Gasteiger partial charge >= 0.3 is 0 Å². The van der Waals surface area contributed by atoms with Crippen molar-refractivity contribution in [3.8, 4) is 0 Å². The Morgan fingerprint density at radius 1 is 1.60 bits per heavy atom. The van der Waals surface area contributed by atoms with Gasteiger partial charge < -0.3 is 5.73 Å². The number of aromatic nitrogens is 2. The molecule has 2 rings (SSSR count). The van der Waals surface area contributed by atoms with Gasteiger partial charge in [-0.3, -0.25) is 4.40 Å². The van der Waals surface area contributed by atoms with Gasteiger partial charge in [0, 0.05) is 12.5 Å². The summed E-state index contributed by atoms with van der Waals surface area (Å²) in [5.41, 5.74) is 6.67. The Labute approximate surface area is 101 Å². The summed E-state index contributed by atoms with van der Waals surface area (Å²) in [6, 6.07) is 5.89. The molecule has 15 heavy (non-hydrogen) atoms. The minimum absolute atomic E-state index is 0.0683. The number of fused-ring (bicyclic) bond motifs is 1. The van der Waals surface area contributed by atoms with Gasteiger partial charge in [-0.25, -0.2) is 4.98 Å². The van der Waals surface area contributed by atoms with Gasteiger partial charge in [-0.05, 0) is 35.0 Å². The zero-order valence-electron chi connectivity index (χ0n) is 8.24. The number of hydrogen-bond acceptors (Lipinski definition) is 2. The Bertz CT molecular complexity index is 493. The highest BCUT2D eigenvalue weighted by atomic mass is 79.9. The maximum absolute atomic E-state index is 6.04. The highest BCUT2D eigenvalue weighted by Crippen LogP contribution is 2.23. The van der Waals surface area contributed by atoms with Crippen LogP contribution >= 0.6 is 27.5 Å².